The second kappa shape index (κ2) is 12.3. The number of nitrogens with zero attached hydrogens (tertiary/aromatic N) is 2. The maximum absolute atomic E-state index is 12.5. The summed E-state index contributed by atoms with van der Waals surface area (Å²) in [6.07, 6.45) is 3.05. The number of benzene rings is 2. The lowest BCUT2D eigenvalue weighted by Crippen LogP contribution is -2.58. The molecule has 0 bridgehead atoms. The van der Waals surface area contributed by atoms with Gasteiger partial charge >= 0.3 is 7.82 Å². The zero-order valence-electron chi connectivity index (χ0n) is 18.3. The predicted molar refractivity (Wildman–Crippen MR) is 146 cm³/mol. The van der Waals surface area contributed by atoms with Gasteiger partial charge in [-0.25, -0.2) is 4.57 Å². The number of hydrogen-bond acceptors (Lipinski definition) is 5. The fourth-order valence-electron chi connectivity index (χ4n) is 3.00. The van der Waals surface area contributed by atoms with E-state index in [2.05, 4.69) is 15.6 Å². The molecule has 1 aromatic heterocycles. The molecule has 0 saturated carbocycles. The smallest absolute Gasteiger partial charge is 0.338 e. The number of rotatable bonds is 8. The molecule has 3 aromatic rings. The molecule has 0 aliphatic carbocycles. The fourth-order valence-corrected chi connectivity index (χ4v) is 3.87. The van der Waals surface area contributed by atoms with Crippen molar-refractivity contribution in [2.75, 3.05) is 11.6 Å². The number of carbonyl (C=O) groups excluding carboxylic acids is 1. The molecule has 0 aliphatic rings. The fraction of sp³-hybridized carbons (Fsp3) is 0.136. The minimum Gasteiger partial charge on any atom is -0.338 e. The average Bonchev–Trinajstić information content (AvgIpc) is 2.82. The Kier molecular flexibility index (Phi) is 9.68. The summed E-state index contributed by atoms with van der Waals surface area (Å²) in [5, 5.41) is 5.81. The maximum Gasteiger partial charge on any atom is 0.471 e. The van der Waals surface area contributed by atoms with Crippen LogP contribution in [0.2, 0.25) is 0 Å². The summed E-state index contributed by atoms with van der Waals surface area (Å²) in [6, 6.07) is 17.7. The SMILES string of the molecule is O=C(/C=C/c1ccccc1)NC(NC(=S)N(COP(=O)(O)O)c1cccc2cccnc12)C(Cl)(Cl)Cl. The van der Waals surface area contributed by atoms with E-state index < -0.39 is 30.4 Å². The van der Waals surface area contributed by atoms with Gasteiger partial charge in [-0.3, -0.25) is 19.2 Å². The van der Waals surface area contributed by atoms with E-state index in [0.29, 0.717) is 11.2 Å². The van der Waals surface area contributed by atoms with Gasteiger partial charge in [0.1, 0.15) is 12.9 Å². The number of phosphoric acid groups is 1. The van der Waals surface area contributed by atoms with E-state index in [1.165, 1.54) is 11.0 Å². The van der Waals surface area contributed by atoms with Crippen molar-refractivity contribution in [3.8, 4) is 0 Å². The number of pyridine rings is 1. The third-order valence-electron chi connectivity index (χ3n) is 4.61. The minimum absolute atomic E-state index is 0.162. The number of anilines is 1. The molecule has 2 aromatic carbocycles. The summed E-state index contributed by atoms with van der Waals surface area (Å²) in [7, 11) is -4.87. The number of phosphoric ester groups is 1. The Labute approximate surface area is 227 Å². The number of thiocarbonyl (C=S) groups is 1. The van der Waals surface area contributed by atoms with Gasteiger partial charge in [0.15, 0.2) is 5.11 Å². The molecule has 0 spiro atoms. The van der Waals surface area contributed by atoms with E-state index in [1.54, 1.807) is 54.7 Å². The number of aromatic nitrogens is 1. The van der Waals surface area contributed by atoms with Crippen LogP contribution >= 0.6 is 54.8 Å². The summed E-state index contributed by atoms with van der Waals surface area (Å²) >= 11 is 23.7. The summed E-state index contributed by atoms with van der Waals surface area (Å²) < 4.78 is 14.0. The summed E-state index contributed by atoms with van der Waals surface area (Å²) in [5.74, 6) is -0.588. The van der Waals surface area contributed by atoms with Crippen LogP contribution in [0.25, 0.3) is 17.0 Å². The first-order chi connectivity index (χ1) is 16.9. The number of nitrogens with one attached hydrogen (secondary N) is 2. The third-order valence-corrected chi connectivity index (χ3v) is 6.06. The number of para-hydroxylation sites is 1. The highest BCUT2D eigenvalue weighted by Gasteiger charge is 2.35. The first-order valence-corrected chi connectivity index (χ1v) is 13.2. The van der Waals surface area contributed by atoms with Crippen LogP contribution in [-0.2, 0) is 13.9 Å². The second-order valence-electron chi connectivity index (χ2n) is 7.21. The van der Waals surface area contributed by atoms with Crippen molar-refractivity contribution in [1.82, 2.24) is 15.6 Å². The molecule has 0 saturated heterocycles. The van der Waals surface area contributed by atoms with Crippen molar-refractivity contribution in [1.29, 1.82) is 0 Å². The average molecular weight is 590 g/mol. The van der Waals surface area contributed by atoms with Crippen LogP contribution in [0.3, 0.4) is 0 Å². The van der Waals surface area contributed by atoms with Gasteiger partial charge in [0.25, 0.3) is 0 Å². The predicted octanol–water partition coefficient (Wildman–Crippen LogP) is 4.51. The van der Waals surface area contributed by atoms with Gasteiger partial charge in [-0.15, -0.1) is 0 Å². The molecule has 0 radical (unpaired) electrons. The lowest BCUT2D eigenvalue weighted by molar-refractivity contribution is -0.117. The lowest BCUT2D eigenvalue weighted by Gasteiger charge is -2.32. The first kappa shape index (κ1) is 28.3. The van der Waals surface area contributed by atoms with Crippen molar-refractivity contribution >= 4 is 88.5 Å². The molecule has 190 valence electrons. The summed E-state index contributed by atoms with van der Waals surface area (Å²) in [4.78, 5) is 36.6. The van der Waals surface area contributed by atoms with Crippen molar-refractivity contribution in [3.05, 3.63) is 78.5 Å². The standard InChI is InChI=1S/C22H20Cl3N4O5PS/c23-22(24,25)20(27-18(30)12-11-15-6-2-1-3-7-15)28-21(36)29(14-34-35(31,32)33)17-10-4-8-16-9-5-13-26-19(16)17/h1-13,20H,14H2,(H,27,30)(H,28,36)(H2,31,32,33)/b12-11+. The highest BCUT2D eigenvalue weighted by Crippen LogP contribution is 2.37. The maximum atomic E-state index is 12.5. The van der Waals surface area contributed by atoms with Gasteiger partial charge in [-0.2, -0.15) is 0 Å². The molecule has 1 amide bonds. The molecule has 0 fully saturated rings. The number of hydrogen-bond donors (Lipinski definition) is 4. The van der Waals surface area contributed by atoms with Gasteiger partial charge in [-0.1, -0.05) is 83.3 Å². The Morgan fingerprint density at radius 3 is 2.47 bits per heavy atom. The number of fused-ring (bicyclic) bond motifs is 1. The monoisotopic (exact) mass is 588 g/mol. The Balaban J connectivity index is 1.86. The van der Waals surface area contributed by atoms with Crippen molar-refractivity contribution < 1.29 is 23.7 Å². The molecular weight excluding hydrogens is 570 g/mol. The topological polar surface area (TPSA) is 124 Å². The van der Waals surface area contributed by atoms with Gasteiger partial charge < -0.3 is 20.4 Å². The van der Waals surface area contributed by atoms with Gasteiger partial charge in [0.2, 0.25) is 9.70 Å². The van der Waals surface area contributed by atoms with Crippen LogP contribution in [0.1, 0.15) is 5.56 Å². The first-order valence-electron chi connectivity index (χ1n) is 10.2. The van der Waals surface area contributed by atoms with Crippen molar-refractivity contribution in [2.24, 2.45) is 0 Å². The Morgan fingerprint density at radius 1 is 1.11 bits per heavy atom. The van der Waals surface area contributed by atoms with E-state index in [1.807, 2.05) is 18.2 Å². The number of amides is 1. The molecular formula is C22H20Cl3N4O5PS. The number of halogens is 3. The summed E-state index contributed by atoms with van der Waals surface area (Å²) in [6.45, 7) is -0.666. The lowest BCUT2D eigenvalue weighted by atomic mass is 10.2. The minimum atomic E-state index is -4.87. The van der Waals surface area contributed by atoms with E-state index >= 15 is 0 Å². The number of carbonyl (C=O) groups is 1. The van der Waals surface area contributed by atoms with Crippen LogP contribution in [0.15, 0.2) is 72.9 Å². The molecule has 9 nitrogen and oxygen atoms in total. The molecule has 36 heavy (non-hydrogen) atoms. The summed E-state index contributed by atoms with van der Waals surface area (Å²) in [5.41, 5.74) is 1.61. The van der Waals surface area contributed by atoms with Gasteiger partial charge in [0.05, 0.1) is 11.2 Å². The molecule has 1 heterocycles. The van der Waals surface area contributed by atoms with Crippen LogP contribution < -0.4 is 15.5 Å². The Bertz CT molecular complexity index is 1300. The second-order valence-corrected chi connectivity index (χ2v) is 11.2. The van der Waals surface area contributed by atoms with Gasteiger partial charge in [0, 0.05) is 17.7 Å². The van der Waals surface area contributed by atoms with Crippen LogP contribution in [-0.4, -0.2) is 42.5 Å². The zero-order chi connectivity index (χ0) is 26.3. The van der Waals surface area contributed by atoms with Crippen LogP contribution in [0.4, 0.5) is 5.69 Å². The third kappa shape index (κ3) is 8.40. The molecule has 0 aliphatic heterocycles. The number of alkyl halides is 3. The Hall–Kier alpha value is -2.27. The van der Waals surface area contributed by atoms with E-state index in [0.717, 1.165) is 10.9 Å². The van der Waals surface area contributed by atoms with Gasteiger partial charge in [-0.05, 0) is 36.0 Å². The highest BCUT2D eigenvalue weighted by atomic mass is 35.6. The molecule has 1 atom stereocenters. The zero-order valence-corrected chi connectivity index (χ0v) is 22.3. The molecule has 4 N–H and O–H groups in total. The molecule has 14 heteroatoms. The Morgan fingerprint density at radius 2 is 1.81 bits per heavy atom. The van der Waals surface area contributed by atoms with Crippen LogP contribution in [0, 0.1) is 0 Å². The highest BCUT2D eigenvalue weighted by molar-refractivity contribution is 7.80. The molecule has 1 unspecified atom stereocenters. The normalized spacial score (nSPS) is 12.9. The van der Waals surface area contributed by atoms with E-state index in [9.17, 15) is 19.1 Å². The molecule has 3 rings (SSSR count). The van der Waals surface area contributed by atoms with Crippen molar-refractivity contribution in [3.63, 3.8) is 0 Å². The van der Waals surface area contributed by atoms with Crippen molar-refractivity contribution in [2.45, 2.75) is 9.96 Å². The van der Waals surface area contributed by atoms with E-state index in [-0.39, 0.29) is 5.11 Å². The van der Waals surface area contributed by atoms with Crippen LogP contribution in [0.5, 0.6) is 0 Å². The quantitative estimate of drug-likeness (QED) is 0.0988. The largest absolute Gasteiger partial charge is 0.471 e. The van der Waals surface area contributed by atoms with E-state index in [4.69, 9.17) is 51.5 Å².